The summed E-state index contributed by atoms with van der Waals surface area (Å²) in [5.41, 5.74) is -2.28. The van der Waals surface area contributed by atoms with Crippen molar-refractivity contribution in [3.8, 4) is 5.75 Å². The van der Waals surface area contributed by atoms with Crippen molar-refractivity contribution in [2.45, 2.75) is 32.2 Å². The van der Waals surface area contributed by atoms with E-state index >= 15 is 0 Å². The van der Waals surface area contributed by atoms with E-state index in [0.717, 1.165) is 0 Å². The number of carbonyl (C=O) groups is 2. The number of benzene rings is 2. The van der Waals surface area contributed by atoms with E-state index in [4.69, 9.17) is 4.74 Å². The van der Waals surface area contributed by atoms with Gasteiger partial charge in [-0.15, -0.1) is 0 Å². The van der Waals surface area contributed by atoms with Gasteiger partial charge < -0.3 is 15.2 Å². The fourth-order valence-electron chi connectivity index (χ4n) is 2.73. The molecule has 0 fully saturated rings. The zero-order chi connectivity index (χ0) is 20.0. The first kappa shape index (κ1) is 18.9. The molecule has 1 aliphatic heterocycles. The molecule has 27 heavy (non-hydrogen) atoms. The number of amides is 1. The van der Waals surface area contributed by atoms with Crippen LogP contribution in [0.2, 0.25) is 0 Å². The predicted molar refractivity (Wildman–Crippen MR) is 90.7 cm³/mol. The summed E-state index contributed by atoms with van der Waals surface area (Å²) in [5, 5.41) is 11.6. The molecule has 1 unspecified atom stereocenters. The molecular weight excluding hydrogens is 363 g/mol. The molecule has 0 spiro atoms. The van der Waals surface area contributed by atoms with E-state index in [-0.39, 0.29) is 23.6 Å². The van der Waals surface area contributed by atoms with Crippen LogP contribution in [0.25, 0.3) is 0 Å². The zero-order valence-electron chi connectivity index (χ0n) is 14.5. The molecule has 142 valence electrons. The third kappa shape index (κ3) is 3.16. The van der Waals surface area contributed by atoms with E-state index in [2.05, 4.69) is 0 Å². The Morgan fingerprint density at radius 2 is 1.85 bits per heavy atom. The molecule has 5 nitrogen and oxygen atoms in total. The third-order valence-electron chi connectivity index (χ3n) is 4.46. The van der Waals surface area contributed by atoms with Crippen molar-refractivity contribution in [3.63, 3.8) is 0 Å². The first-order valence-corrected chi connectivity index (χ1v) is 8.03. The number of nitrogens with one attached hydrogen (secondary N) is 1. The first-order valence-electron chi connectivity index (χ1n) is 8.03. The van der Waals surface area contributed by atoms with E-state index < -0.39 is 23.5 Å². The van der Waals surface area contributed by atoms with E-state index in [0.29, 0.717) is 23.6 Å². The monoisotopic (exact) mass is 379 g/mol. The summed E-state index contributed by atoms with van der Waals surface area (Å²) in [6.07, 6.45) is -5.17. The average molecular weight is 379 g/mol. The highest BCUT2D eigenvalue weighted by Gasteiger charge is 2.56. The van der Waals surface area contributed by atoms with Gasteiger partial charge in [0.2, 0.25) is 5.60 Å². The maximum Gasteiger partial charge on any atom is 0.426 e. The molecule has 1 atom stereocenters. The standard InChI is InChI=1S/C19H16F3NO4/c1-10-7-8-13(23-17(25)18(2,26)19(20,21)22)14-15(24)12-6-4-3-5-11(12)9-27-16(10)14/h3-8,26H,9H2,1-2H3,(H,23,25). The van der Waals surface area contributed by atoms with Gasteiger partial charge in [0, 0.05) is 11.1 Å². The van der Waals surface area contributed by atoms with Crippen molar-refractivity contribution >= 4 is 17.4 Å². The Morgan fingerprint density at radius 1 is 1.19 bits per heavy atom. The summed E-state index contributed by atoms with van der Waals surface area (Å²) >= 11 is 0. The van der Waals surface area contributed by atoms with Crippen LogP contribution in [0.15, 0.2) is 36.4 Å². The number of hydrogen-bond donors (Lipinski definition) is 2. The lowest BCUT2D eigenvalue weighted by Crippen LogP contribution is -2.52. The second-order valence-electron chi connectivity index (χ2n) is 6.43. The van der Waals surface area contributed by atoms with E-state index in [1.165, 1.54) is 12.1 Å². The quantitative estimate of drug-likeness (QED) is 0.839. The normalized spacial score (nSPS) is 15.7. The summed E-state index contributed by atoms with van der Waals surface area (Å²) in [6, 6.07) is 9.51. The van der Waals surface area contributed by atoms with Gasteiger partial charge in [-0.05, 0) is 25.5 Å². The second kappa shape index (κ2) is 6.38. The van der Waals surface area contributed by atoms with Gasteiger partial charge in [0.25, 0.3) is 5.91 Å². The number of fused-ring (bicyclic) bond motifs is 2. The van der Waals surface area contributed by atoms with Gasteiger partial charge in [-0.2, -0.15) is 13.2 Å². The van der Waals surface area contributed by atoms with Crippen molar-refractivity contribution < 1.29 is 32.6 Å². The molecule has 3 rings (SSSR count). The molecule has 2 N–H and O–H groups in total. The van der Waals surface area contributed by atoms with Gasteiger partial charge in [-0.1, -0.05) is 30.3 Å². The van der Waals surface area contributed by atoms with Crippen LogP contribution in [0.3, 0.4) is 0 Å². The molecule has 2 aromatic rings. The summed E-state index contributed by atoms with van der Waals surface area (Å²) in [4.78, 5) is 25.1. The maximum absolute atomic E-state index is 13.0. The topological polar surface area (TPSA) is 75.6 Å². The van der Waals surface area contributed by atoms with Crippen LogP contribution in [0.1, 0.15) is 34.0 Å². The summed E-state index contributed by atoms with van der Waals surface area (Å²) in [6.45, 7) is 2.13. The molecule has 0 aromatic heterocycles. The number of hydrogen-bond acceptors (Lipinski definition) is 4. The van der Waals surface area contributed by atoms with Gasteiger partial charge in [0.1, 0.15) is 12.4 Å². The van der Waals surface area contributed by atoms with Crippen LogP contribution in [0.4, 0.5) is 18.9 Å². The fourth-order valence-corrected chi connectivity index (χ4v) is 2.73. The van der Waals surface area contributed by atoms with Gasteiger partial charge in [-0.25, -0.2) is 0 Å². The van der Waals surface area contributed by atoms with Crippen molar-refractivity contribution in [3.05, 3.63) is 58.7 Å². The maximum atomic E-state index is 13.0. The highest BCUT2D eigenvalue weighted by Crippen LogP contribution is 2.37. The molecule has 0 saturated heterocycles. The molecule has 0 radical (unpaired) electrons. The van der Waals surface area contributed by atoms with Gasteiger partial charge in [0.15, 0.2) is 5.78 Å². The first-order chi connectivity index (χ1) is 12.5. The van der Waals surface area contributed by atoms with Crippen LogP contribution in [-0.2, 0) is 11.4 Å². The highest BCUT2D eigenvalue weighted by atomic mass is 19.4. The summed E-state index contributed by atoms with van der Waals surface area (Å²) < 4.78 is 44.5. The number of anilines is 1. The number of halogens is 3. The lowest BCUT2D eigenvalue weighted by molar-refractivity contribution is -0.242. The highest BCUT2D eigenvalue weighted by molar-refractivity contribution is 6.17. The van der Waals surface area contributed by atoms with Gasteiger partial charge >= 0.3 is 6.18 Å². The minimum Gasteiger partial charge on any atom is -0.488 e. The average Bonchev–Trinajstić information content (AvgIpc) is 2.74. The minimum atomic E-state index is -5.17. The van der Waals surface area contributed by atoms with Crippen LogP contribution in [0.5, 0.6) is 5.75 Å². The zero-order valence-corrected chi connectivity index (χ0v) is 14.5. The Kier molecular flexibility index (Phi) is 4.47. The second-order valence-corrected chi connectivity index (χ2v) is 6.43. The van der Waals surface area contributed by atoms with Crippen molar-refractivity contribution in [1.82, 2.24) is 0 Å². The minimum absolute atomic E-state index is 0.0497. The number of ether oxygens (including phenoxy) is 1. The largest absolute Gasteiger partial charge is 0.488 e. The van der Waals surface area contributed by atoms with Gasteiger partial charge in [0.05, 0.1) is 11.3 Å². The molecule has 0 saturated carbocycles. The van der Waals surface area contributed by atoms with Gasteiger partial charge in [-0.3, -0.25) is 9.59 Å². The Bertz CT molecular complexity index is 935. The van der Waals surface area contributed by atoms with Crippen molar-refractivity contribution in [2.24, 2.45) is 0 Å². The smallest absolute Gasteiger partial charge is 0.426 e. The van der Waals surface area contributed by atoms with Crippen LogP contribution < -0.4 is 10.1 Å². The molecule has 8 heteroatoms. The Balaban J connectivity index is 2.09. The predicted octanol–water partition coefficient (Wildman–Crippen LogP) is 3.37. The molecular formula is C19H16F3NO4. The molecule has 0 bridgehead atoms. The van der Waals surface area contributed by atoms with E-state index in [1.807, 2.05) is 5.32 Å². The lowest BCUT2D eigenvalue weighted by Gasteiger charge is -2.25. The van der Waals surface area contributed by atoms with E-state index in [1.54, 1.807) is 31.2 Å². The van der Waals surface area contributed by atoms with Crippen LogP contribution >= 0.6 is 0 Å². The van der Waals surface area contributed by atoms with Crippen LogP contribution in [0, 0.1) is 6.92 Å². The van der Waals surface area contributed by atoms with E-state index in [9.17, 15) is 27.9 Å². The number of ketones is 1. The Labute approximate surface area is 152 Å². The Hall–Kier alpha value is -2.87. The number of aryl methyl sites for hydroxylation is 1. The van der Waals surface area contributed by atoms with Crippen molar-refractivity contribution in [2.75, 3.05) is 5.32 Å². The fraction of sp³-hybridized carbons (Fsp3) is 0.263. The number of alkyl halides is 3. The summed E-state index contributed by atoms with van der Waals surface area (Å²) in [7, 11) is 0. The SMILES string of the molecule is Cc1ccc(NC(=O)C(C)(O)C(F)(F)F)c2c1OCc1ccccc1C2=O. The third-order valence-corrected chi connectivity index (χ3v) is 4.46. The van der Waals surface area contributed by atoms with Crippen LogP contribution in [-0.4, -0.2) is 28.6 Å². The molecule has 0 aliphatic carbocycles. The lowest BCUT2D eigenvalue weighted by atomic mass is 9.96. The number of carbonyl (C=O) groups excluding carboxylic acids is 2. The molecule has 1 heterocycles. The molecule has 2 aromatic carbocycles. The molecule has 1 amide bonds. The summed E-state index contributed by atoms with van der Waals surface area (Å²) in [5.74, 6) is -1.99. The Morgan fingerprint density at radius 3 is 2.52 bits per heavy atom. The number of rotatable bonds is 2. The molecule has 1 aliphatic rings. The van der Waals surface area contributed by atoms with Crippen molar-refractivity contribution in [1.29, 1.82) is 0 Å². The number of aliphatic hydroxyl groups is 1.